The third kappa shape index (κ3) is 4.36. The third-order valence-electron chi connectivity index (χ3n) is 3.77. The van der Waals surface area contributed by atoms with Crippen molar-refractivity contribution in [2.75, 3.05) is 5.32 Å². The van der Waals surface area contributed by atoms with Gasteiger partial charge in [-0.1, -0.05) is 12.1 Å². The zero-order chi connectivity index (χ0) is 21.2. The van der Waals surface area contributed by atoms with E-state index in [1.54, 1.807) is 6.07 Å². The van der Waals surface area contributed by atoms with Crippen molar-refractivity contribution in [3.8, 4) is 5.75 Å². The summed E-state index contributed by atoms with van der Waals surface area (Å²) in [7, 11) is 0. The van der Waals surface area contributed by atoms with Gasteiger partial charge in [0.05, 0.1) is 16.3 Å². The molecule has 0 unspecified atom stereocenters. The van der Waals surface area contributed by atoms with E-state index in [9.17, 15) is 28.1 Å². The second-order valence-corrected chi connectivity index (χ2v) is 5.80. The Labute approximate surface area is 160 Å². The number of benzene rings is 1. The molecule has 2 aromatic heterocycles. The third-order valence-corrected chi connectivity index (χ3v) is 3.77. The lowest BCUT2D eigenvalue weighted by Gasteiger charge is -2.08. The van der Waals surface area contributed by atoms with Crippen molar-refractivity contribution in [2.24, 2.45) is 0 Å². The molecule has 12 heteroatoms. The Hall–Kier alpha value is -3.83. The quantitative estimate of drug-likeness (QED) is 0.466. The predicted molar refractivity (Wildman–Crippen MR) is 92.4 cm³/mol. The molecule has 0 fully saturated rings. The maximum atomic E-state index is 12.9. The van der Waals surface area contributed by atoms with Gasteiger partial charge < -0.3 is 14.5 Å². The fourth-order valence-electron chi connectivity index (χ4n) is 2.42. The molecule has 9 nitrogen and oxygen atoms in total. The Morgan fingerprint density at radius 2 is 2.03 bits per heavy atom. The van der Waals surface area contributed by atoms with Crippen LogP contribution < -0.4 is 10.1 Å². The highest BCUT2D eigenvalue weighted by molar-refractivity contribution is 6.03. The predicted octanol–water partition coefficient (Wildman–Crippen LogP) is 4.07. The molecule has 0 radical (unpaired) electrons. The number of halogens is 3. The number of carbonyl (C=O) groups excluding carboxylic acids is 1. The molecule has 0 saturated carbocycles. The Bertz CT molecular complexity index is 1060. The van der Waals surface area contributed by atoms with E-state index in [0.29, 0.717) is 0 Å². The van der Waals surface area contributed by atoms with E-state index >= 15 is 0 Å². The van der Waals surface area contributed by atoms with Gasteiger partial charge in [-0.2, -0.15) is 18.3 Å². The molecule has 0 aliphatic heterocycles. The normalized spacial score (nSPS) is 11.3. The van der Waals surface area contributed by atoms with Crippen LogP contribution in [0.1, 0.15) is 27.7 Å². The van der Waals surface area contributed by atoms with Gasteiger partial charge in [0.15, 0.2) is 17.2 Å². The van der Waals surface area contributed by atoms with Gasteiger partial charge in [0, 0.05) is 6.07 Å². The molecular formula is C17H13F3N4O5. The van der Waals surface area contributed by atoms with Crippen LogP contribution in [0.15, 0.2) is 40.8 Å². The van der Waals surface area contributed by atoms with Crippen LogP contribution >= 0.6 is 0 Å². The molecule has 3 rings (SSSR count). The Kier molecular flexibility index (Phi) is 5.26. The number of aromatic nitrogens is 2. The number of ether oxygens (including phenoxy) is 1. The first-order valence-electron chi connectivity index (χ1n) is 8.05. The van der Waals surface area contributed by atoms with Crippen LogP contribution in [-0.4, -0.2) is 21.0 Å². The maximum absolute atomic E-state index is 12.9. The molecule has 3 aromatic rings. The van der Waals surface area contributed by atoms with Gasteiger partial charge in [-0.25, -0.2) is 0 Å². The number of alkyl halides is 3. The number of hydrogen-bond donors (Lipinski definition) is 2. The van der Waals surface area contributed by atoms with Crippen LogP contribution in [0.2, 0.25) is 0 Å². The van der Waals surface area contributed by atoms with Gasteiger partial charge >= 0.3 is 11.9 Å². The van der Waals surface area contributed by atoms with Gasteiger partial charge in [-0.05, 0) is 25.1 Å². The molecule has 152 valence electrons. The van der Waals surface area contributed by atoms with Crippen LogP contribution in [0.25, 0.3) is 0 Å². The molecule has 1 aromatic carbocycles. The number of rotatable bonds is 6. The molecule has 2 heterocycles. The summed E-state index contributed by atoms with van der Waals surface area (Å²) in [5.41, 5.74) is -1.98. The molecule has 0 aliphatic carbocycles. The number of nitrogens with zero attached hydrogens (tertiary/aromatic N) is 2. The monoisotopic (exact) mass is 410 g/mol. The molecule has 0 atom stereocenters. The first-order valence-corrected chi connectivity index (χ1v) is 8.05. The number of amides is 1. The average molecular weight is 410 g/mol. The topological polar surface area (TPSA) is 123 Å². The zero-order valence-corrected chi connectivity index (χ0v) is 14.7. The number of hydrogen-bond acceptors (Lipinski definition) is 6. The summed E-state index contributed by atoms with van der Waals surface area (Å²) in [6.07, 6.45) is -4.75. The van der Waals surface area contributed by atoms with Crippen LogP contribution in [0, 0.1) is 17.0 Å². The summed E-state index contributed by atoms with van der Waals surface area (Å²) in [5.74, 6) is -1.03. The summed E-state index contributed by atoms with van der Waals surface area (Å²) in [5, 5.41) is 18.4. The van der Waals surface area contributed by atoms with Gasteiger partial charge in [0.1, 0.15) is 12.4 Å². The lowest BCUT2D eigenvalue weighted by Crippen LogP contribution is -2.16. The van der Waals surface area contributed by atoms with E-state index < -0.39 is 28.4 Å². The number of aryl methyl sites for hydroxylation is 1. The number of H-pyrrole nitrogens is 1. The highest BCUT2D eigenvalue weighted by Crippen LogP contribution is 2.35. The highest BCUT2D eigenvalue weighted by Gasteiger charge is 2.38. The Balaban J connectivity index is 1.70. The summed E-state index contributed by atoms with van der Waals surface area (Å²) in [6.45, 7) is 1.10. The lowest BCUT2D eigenvalue weighted by molar-refractivity contribution is -0.386. The second kappa shape index (κ2) is 7.66. The molecule has 0 saturated heterocycles. The Morgan fingerprint density at radius 1 is 1.31 bits per heavy atom. The summed E-state index contributed by atoms with van der Waals surface area (Å²) in [4.78, 5) is 22.6. The van der Waals surface area contributed by atoms with Crippen molar-refractivity contribution in [3.05, 3.63) is 69.4 Å². The molecule has 1 amide bonds. The first kappa shape index (κ1) is 19.9. The van der Waals surface area contributed by atoms with Crippen LogP contribution in [-0.2, 0) is 12.8 Å². The number of nitro benzene ring substituents is 1. The minimum Gasteiger partial charge on any atom is -0.479 e. The van der Waals surface area contributed by atoms with E-state index in [0.717, 1.165) is 0 Å². The Morgan fingerprint density at radius 3 is 2.72 bits per heavy atom. The number of furan rings is 1. The van der Waals surface area contributed by atoms with E-state index in [4.69, 9.17) is 9.15 Å². The van der Waals surface area contributed by atoms with Crippen molar-refractivity contribution in [1.82, 2.24) is 10.2 Å². The van der Waals surface area contributed by atoms with Crippen molar-refractivity contribution in [3.63, 3.8) is 0 Å². The number of nitro groups is 1. The van der Waals surface area contributed by atoms with Gasteiger partial charge in [0.25, 0.3) is 5.91 Å². The standard InChI is InChI=1S/C17H13F3N4O5/c1-9-14(15(23-22-9)17(18,19)20)21-16(25)13-7-6-10(29-13)8-28-12-5-3-2-4-11(12)24(26)27/h2-7H,8H2,1H3,(H,21,25)(H,22,23). The number of para-hydroxylation sites is 2. The highest BCUT2D eigenvalue weighted by atomic mass is 19.4. The maximum Gasteiger partial charge on any atom is 0.437 e. The van der Waals surface area contributed by atoms with E-state index in [2.05, 4.69) is 15.5 Å². The van der Waals surface area contributed by atoms with Crippen LogP contribution in [0.3, 0.4) is 0 Å². The minimum absolute atomic E-state index is 0.00347. The van der Waals surface area contributed by atoms with Crippen molar-refractivity contribution >= 4 is 17.3 Å². The molecule has 0 bridgehead atoms. The zero-order valence-electron chi connectivity index (χ0n) is 14.7. The molecule has 2 N–H and O–H groups in total. The van der Waals surface area contributed by atoms with Crippen LogP contribution in [0.5, 0.6) is 5.75 Å². The molecule has 29 heavy (non-hydrogen) atoms. The SMILES string of the molecule is Cc1[nH]nc(C(F)(F)F)c1NC(=O)c1ccc(COc2ccccc2[N+](=O)[O-])o1. The van der Waals surface area contributed by atoms with Gasteiger partial charge in [-0.15, -0.1) is 0 Å². The lowest BCUT2D eigenvalue weighted by atomic mass is 10.2. The molecule has 0 aliphatic rings. The van der Waals surface area contributed by atoms with Gasteiger partial charge in [0.2, 0.25) is 0 Å². The molecular weight excluding hydrogens is 397 g/mol. The number of anilines is 1. The second-order valence-electron chi connectivity index (χ2n) is 5.80. The average Bonchev–Trinajstić information content (AvgIpc) is 3.27. The molecule has 0 spiro atoms. The first-order chi connectivity index (χ1) is 13.7. The fraction of sp³-hybridized carbons (Fsp3) is 0.176. The number of nitrogens with one attached hydrogen (secondary N) is 2. The van der Waals surface area contributed by atoms with E-state index in [1.807, 2.05) is 0 Å². The number of carbonyl (C=O) groups is 1. The van der Waals surface area contributed by atoms with Crippen molar-refractivity contribution < 1.29 is 32.0 Å². The van der Waals surface area contributed by atoms with E-state index in [1.165, 1.54) is 37.3 Å². The largest absolute Gasteiger partial charge is 0.479 e. The summed E-state index contributed by atoms with van der Waals surface area (Å²) in [6, 6.07) is 8.31. The van der Waals surface area contributed by atoms with Gasteiger partial charge in [-0.3, -0.25) is 20.0 Å². The fourth-order valence-corrected chi connectivity index (χ4v) is 2.42. The minimum atomic E-state index is -4.75. The summed E-state index contributed by atoms with van der Waals surface area (Å²) < 4.78 is 49.4. The van der Waals surface area contributed by atoms with Crippen LogP contribution in [0.4, 0.5) is 24.5 Å². The van der Waals surface area contributed by atoms with E-state index in [-0.39, 0.29) is 35.3 Å². The van der Waals surface area contributed by atoms with Crippen molar-refractivity contribution in [2.45, 2.75) is 19.7 Å². The summed E-state index contributed by atoms with van der Waals surface area (Å²) >= 11 is 0. The number of aromatic amines is 1. The van der Waals surface area contributed by atoms with Crippen molar-refractivity contribution in [1.29, 1.82) is 0 Å². The smallest absolute Gasteiger partial charge is 0.437 e.